The fraction of sp³-hybridized carbons (Fsp3) is 0.375. The first-order valence-corrected chi connectivity index (χ1v) is 7.74. The van der Waals surface area contributed by atoms with Crippen LogP contribution >= 0.6 is 11.6 Å². The summed E-state index contributed by atoms with van der Waals surface area (Å²) in [6, 6.07) is 2.33. The molecule has 0 amide bonds. The number of Topliss-reactive ketones (excluding diaryl/α,β-unsaturated/α-hetero) is 2. The van der Waals surface area contributed by atoms with E-state index in [0.29, 0.717) is 25.7 Å². The van der Waals surface area contributed by atoms with Crippen LogP contribution in [0.4, 0.5) is 0 Å². The largest absolute Gasteiger partial charge is 0.507 e. The summed E-state index contributed by atoms with van der Waals surface area (Å²) in [4.78, 5) is 24.9. The van der Waals surface area contributed by atoms with Crippen LogP contribution in [0.3, 0.4) is 0 Å². The second-order valence-corrected chi connectivity index (χ2v) is 6.02. The number of carbonyl (C=O) groups is 2. The number of phenolic OH excluding ortho intramolecular Hbond substituents is 2. The highest BCUT2D eigenvalue weighted by atomic mass is 35.5. The van der Waals surface area contributed by atoms with Crippen molar-refractivity contribution in [2.45, 2.75) is 12.8 Å². The van der Waals surface area contributed by atoms with Gasteiger partial charge in [0, 0.05) is 19.8 Å². The Hall–Kier alpha value is -2.05. The van der Waals surface area contributed by atoms with Gasteiger partial charge in [0.25, 0.3) is 0 Å². The maximum atomic E-state index is 12.6. The van der Waals surface area contributed by atoms with E-state index < -0.39 is 11.6 Å². The number of ketones is 2. The molecule has 0 aromatic heterocycles. The number of nitrogens with one attached hydrogen (secondary N) is 1. The van der Waals surface area contributed by atoms with Crippen LogP contribution in [0.25, 0.3) is 0 Å². The maximum absolute atomic E-state index is 12.6. The van der Waals surface area contributed by atoms with Gasteiger partial charge in [-0.25, -0.2) is 0 Å². The number of hydrogen-bond acceptors (Lipinski definition) is 6. The van der Waals surface area contributed by atoms with Crippen LogP contribution in [0.1, 0.15) is 33.6 Å². The van der Waals surface area contributed by atoms with Crippen LogP contribution in [0.15, 0.2) is 22.9 Å². The first kappa shape index (κ1) is 15.8. The first-order valence-electron chi connectivity index (χ1n) is 7.36. The zero-order valence-electron chi connectivity index (χ0n) is 12.3. The molecule has 0 spiro atoms. The zero-order valence-corrected chi connectivity index (χ0v) is 13.0. The number of phenols is 2. The molecular weight excluding hydrogens is 322 g/mol. The van der Waals surface area contributed by atoms with Gasteiger partial charge in [0.2, 0.25) is 11.6 Å². The minimum absolute atomic E-state index is 0.0310. The number of fused-ring (bicyclic) bond motifs is 1. The Balaban J connectivity index is 1.89. The summed E-state index contributed by atoms with van der Waals surface area (Å²) in [5.74, 6) is -1.68. The molecule has 1 heterocycles. The number of benzene rings is 1. The Morgan fingerprint density at radius 2 is 1.65 bits per heavy atom. The smallest absolute Gasteiger partial charge is 0.215 e. The van der Waals surface area contributed by atoms with Gasteiger partial charge < -0.3 is 20.3 Å². The highest BCUT2D eigenvalue weighted by Crippen LogP contribution is 2.37. The molecule has 0 saturated carbocycles. The average molecular weight is 338 g/mol. The molecule has 3 N–H and O–H groups in total. The average Bonchev–Trinajstić information content (AvgIpc) is 2.55. The standard InChI is InChI=1S/C16H16ClNO5/c17-13-14(18-7-8-3-5-23-6-4-8)16(22)12-10(20)2-1-9(19)11(12)15(13)21/h1-2,8,18-20H,3-7H2. The summed E-state index contributed by atoms with van der Waals surface area (Å²) in [5.41, 5.74) is -0.498. The SMILES string of the molecule is O=C1C(Cl)=C(NCC2CCOCC2)C(=O)c2c(O)ccc(O)c21. The van der Waals surface area contributed by atoms with Crippen molar-refractivity contribution in [3.8, 4) is 11.5 Å². The minimum atomic E-state index is -0.677. The molecule has 6 nitrogen and oxygen atoms in total. The molecule has 23 heavy (non-hydrogen) atoms. The van der Waals surface area contributed by atoms with Crippen molar-refractivity contribution in [2.24, 2.45) is 5.92 Å². The van der Waals surface area contributed by atoms with E-state index in [2.05, 4.69) is 5.32 Å². The van der Waals surface area contributed by atoms with Crippen molar-refractivity contribution in [1.82, 2.24) is 5.32 Å². The molecular formula is C16H16ClNO5. The van der Waals surface area contributed by atoms with Crippen molar-refractivity contribution >= 4 is 23.2 Å². The highest BCUT2D eigenvalue weighted by molar-refractivity contribution is 6.50. The third-order valence-corrected chi connectivity index (χ3v) is 4.53. The minimum Gasteiger partial charge on any atom is -0.507 e. The Bertz CT molecular complexity index is 707. The van der Waals surface area contributed by atoms with Crippen molar-refractivity contribution in [3.05, 3.63) is 34.0 Å². The lowest BCUT2D eigenvalue weighted by molar-refractivity contribution is 0.0667. The number of ether oxygens (including phenoxy) is 1. The predicted molar refractivity (Wildman–Crippen MR) is 82.9 cm³/mol. The molecule has 1 aromatic carbocycles. The van der Waals surface area contributed by atoms with Gasteiger partial charge in [-0.2, -0.15) is 0 Å². The lowest BCUT2D eigenvalue weighted by atomic mass is 9.90. The van der Waals surface area contributed by atoms with E-state index in [1.54, 1.807) is 0 Å². The number of allylic oxidation sites excluding steroid dienone is 2. The molecule has 1 aliphatic carbocycles. The Morgan fingerprint density at radius 3 is 2.26 bits per heavy atom. The van der Waals surface area contributed by atoms with Crippen LogP contribution in [0.2, 0.25) is 0 Å². The molecule has 1 aliphatic heterocycles. The van der Waals surface area contributed by atoms with Gasteiger partial charge in [0.05, 0.1) is 11.1 Å². The van der Waals surface area contributed by atoms with Crippen LogP contribution < -0.4 is 5.32 Å². The van der Waals surface area contributed by atoms with E-state index >= 15 is 0 Å². The predicted octanol–water partition coefficient (Wildman–Crippen LogP) is 1.94. The topological polar surface area (TPSA) is 95.9 Å². The molecule has 3 rings (SSSR count). The summed E-state index contributed by atoms with van der Waals surface area (Å²) in [7, 11) is 0. The summed E-state index contributed by atoms with van der Waals surface area (Å²) in [5, 5.41) is 22.4. The van der Waals surface area contributed by atoms with Crippen LogP contribution in [-0.2, 0) is 4.74 Å². The Morgan fingerprint density at radius 1 is 1.09 bits per heavy atom. The molecule has 0 unspecified atom stereocenters. The summed E-state index contributed by atoms with van der Waals surface area (Å²) in [6.07, 6.45) is 1.73. The third-order valence-electron chi connectivity index (χ3n) is 4.17. The van der Waals surface area contributed by atoms with Gasteiger partial charge in [0.15, 0.2) is 0 Å². The lowest BCUT2D eigenvalue weighted by Gasteiger charge is -2.25. The Kier molecular flexibility index (Phi) is 4.28. The summed E-state index contributed by atoms with van der Waals surface area (Å²) >= 11 is 6.03. The van der Waals surface area contributed by atoms with Crippen molar-refractivity contribution in [3.63, 3.8) is 0 Å². The molecule has 1 fully saturated rings. The number of hydrogen-bond donors (Lipinski definition) is 3. The highest BCUT2D eigenvalue weighted by Gasteiger charge is 2.36. The van der Waals surface area contributed by atoms with Gasteiger partial charge in [-0.3, -0.25) is 9.59 Å². The van der Waals surface area contributed by atoms with E-state index in [1.165, 1.54) is 6.07 Å². The number of aromatic hydroxyl groups is 2. The second kappa shape index (κ2) is 6.22. The summed E-state index contributed by atoms with van der Waals surface area (Å²) in [6.45, 7) is 1.83. The van der Waals surface area contributed by atoms with Crippen molar-refractivity contribution < 1.29 is 24.5 Å². The quantitative estimate of drug-likeness (QED) is 0.729. The van der Waals surface area contributed by atoms with Crippen LogP contribution in [-0.4, -0.2) is 41.5 Å². The third kappa shape index (κ3) is 2.80. The molecule has 122 valence electrons. The molecule has 1 saturated heterocycles. The molecule has 1 aromatic rings. The number of halogens is 1. The van der Waals surface area contributed by atoms with Gasteiger partial charge in [-0.1, -0.05) is 11.6 Å². The van der Waals surface area contributed by atoms with E-state index in [4.69, 9.17) is 16.3 Å². The van der Waals surface area contributed by atoms with E-state index in [9.17, 15) is 19.8 Å². The van der Waals surface area contributed by atoms with E-state index in [0.717, 1.165) is 18.9 Å². The molecule has 2 aliphatic rings. The normalized spacial score (nSPS) is 19.0. The van der Waals surface area contributed by atoms with Crippen molar-refractivity contribution in [1.29, 1.82) is 0 Å². The van der Waals surface area contributed by atoms with E-state index in [-0.39, 0.29) is 33.4 Å². The van der Waals surface area contributed by atoms with Crippen molar-refractivity contribution in [2.75, 3.05) is 19.8 Å². The molecule has 0 atom stereocenters. The first-order chi connectivity index (χ1) is 11.0. The Labute approximate surface area is 137 Å². The van der Waals surface area contributed by atoms with E-state index in [1.807, 2.05) is 0 Å². The molecule has 7 heteroatoms. The fourth-order valence-corrected chi connectivity index (χ4v) is 3.09. The molecule has 0 radical (unpaired) electrons. The molecule has 0 bridgehead atoms. The van der Waals surface area contributed by atoms with Crippen LogP contribution in [0.5, 0.6) is 11.5 Å². The monoisotopic (exact) mass is 337 g/mol. The summed E-state index contributed by atoms with van der Waals surface area (Å²) < 4.78 is 5.28. The van der Waals surface area contributed by atoms with Gasteiger partial charge in [0.1, 0.15) is 22.2 Å². The lowest BCUT2D eigenvalue weighted by Crippen LogP contribution is -2.33. The van der Waals surface area contributed by atoms with Gasteiger partial charge in [-0.15, -0.1) is 0 Å². The number of rotatable bonds is 3. The number of carbonyl (C=O) groups excluding carboxylic acids is 2. The van der Waals surface area contributed by atoms with Gasteiger partial charge >= 0.3 is 0 Å². The maximum Gasteiger partial charge on any atom is 0.215 e. The van der Waals surface area contributed by atoms with Crippen LogP contribution in [0, 0.1) is 5.92 Å². The zero-order chi connectivity index (χ0) is 16.6. The van der Waals surface area contributed by atoms with Gasteiger partial charge in [-0.05, 0) is 30.9 Å². The second-order valence-electron chi connectivity index (χ2n) is 5.64. The fourth-order valence-electron chi connectivity index (χ4n) is 2.84.